The third kappa shape index (κ3) is 4.68. The third-order valence-corrected chi connectivity index (χ3v) is 6.90. The number of hydrogen-bond acceptors (Lipinski definition) is 4. The van der Waals surface area contributed by atoms with Crippen LogP contribution in [0.25, 0.3) is 22.0 Å². The Morgan fingerprint density at radius 3 is 2.59 bits per heavy atom. The number of nitrogens with zero attached hydrogens (tertiary/aromatic N) is 1. The molecule has 162 valence electrons. The fourth-order valence-electron chi connectivity index (χ4n) is 4.48. The summed E-state index contributed by atoms with van der Waals surface area (Å²) < 4.78 is 5.70. The summed E-state index contributed by atoms with van der Waals surface area (Å²) in [5.74, 6) is 1.18. The van der Waals surface area contributed by atoms with Crippen LogP contribution < -0.4 is 10.1 Å². The van der Waals surface area contributed by atoms with Crippen LogP contribution in [0.2, 0.25) is 0 Å². The summed E-state index contributed by atoms with van der Waals surface area (Å²) in [7, 11) is 0. The van der Waals surface area contributed by atoms with Crippen molar-refractivity contribution in [2.24, 2.45) is 0 Å². The maximum atomic E-state index is 12.4. The first-order chi connectivity index (χ1) is 15.8. The molecule has 1 aromatic heterocycles. The predicted molar refractivity (Wildman–Crippen MR) is 131 cm³/mol. The molecule has 4 nitrogen and oxygen atoms in total. The van der Waals surface area contributed by atoms with Gasteiger partial charge >= 0.3 is 0 Å². The highest BCUT2D eigenvalue weighted by atomic mass is 32.1. The number of carbonyl (C=O) groups excluding carboxylic acids is 1. The summed E-state index contributed by atoms with van der Waals surface area (Å²) >= 11 is 1.42. The van der Waals surface area contributed by atoms with Crippen molar-refractivity contribution in [3.05, 3.63) is 77.7 Å². The van der Waals surface area contributed by atoms with E-state index in [0.29, 0.717) is 11.0 Å². The van der Waals surface area contributed by atoms with Gasteiger partial charge < -0.3 is 4.74 Å². The Kier molecular flexibility index (Phi) is 6.17. The second kappa shape index (κ2) is 9.53. The minimum atomic E-state index is -0.208. The van der Waals surface area contributed by atoms with Gasteiger partial charge in [-0.2, -0.15) is 0 Å². The van der Waals surface area contributed by atoms with E-state index in [1.165, 1.54) is 54.4 Å². The molecular weight excluding hydrogens is 416 g/mol. The average Bonchev–Trinajstić information content (AvgIpc) is 3.31. The number of rotatable bonds is 6. The van der Waals surface area contributed by atoms with Gasteiger partial charge in [-0.1, -0.05) is 73.9 Å². The molecule has 1 fully saturated rings. The van der Waals surface area contributed by atoms with Gasteiger partial charge in [0.15, 0.2) is 11.7 Å². The zero-order valence-electron chi connectivity index (χ0n) is 17.9. The van der Waals surface area contributed by atoms with Gasteiger partial charge in [0.25, 0.3) is 5.91 Å². The Morgan fingerprint density at radius 2 is 1.75 bits per heavy atom. The molecule has 0 aliphatic heterocycles. The Balaban J connectivity index is 1.19. The lowest BCUT2D eigenvalue weighted by Crippen LogP contribution is -2.20. The van der Waals surface area contributed by atoms with E-state index in [-0.39, 0.29) is 12.5 Å². The van der Waals surface area contributed by atoms with E-state index in [4.69, 9.17) is 4.74 Å². The molecule has 0 atom stereocenters. The maximum absolute atomic E-state index is 12.4. The number of amides is 1. The average molecular weight is 443 g/mol. The van der Waals surface area contributed by atoms with Gasteiger partial charge in [-0.05, 0) is 47.2 Å². The summed E-state index contributed by atoms with van der Waals surface area (Å²) in [6.45, 7) is -0.0358. The van der Waals surface area contributed by atoms with Crippen LogP contribution in [0, 0.1) is 0 Å². The van der Waals surface area contributed by atoms with Crippen LogP contribution in [-0.4, -0.2) is 17.5 Å². The quantitative estimate of drug-likeness (QED) is 0.349. The number of ether oxygens (including phenoxy) is 1. The van der Waals surface area contributed by atoms with Crippen LogP contribution in [0.15, 0.2) is 72.1 Å². The lowest BCUT2D eigenvalue weighted by atomic mass is 9.84. The normalized spacial score (nSPS) is 14.4. The molecule has 0 unspecified atom stereocenters. The van der Waals surface area contributed by atoms with Crippen LogP contribution in [0.4, 0.5) is 5.13 Å². The largest absolute Gasteiger partial charge is 0.484 e. The van der Waals surface area contributed by atoms with Crippen LogP contribution in [-0.2, 0) is 4.79 Å². The monoisotopic (exact) mass is 442 g/mol. The fourth-order valence-corrected chi connectivity index (χ4v) is 5.21. The van der Waals surface area contributed by atoms with Crippen LogP contribution in [0.1, 0.15) is 43.6 Å². The third-order valence-electron chi connectivity index (χ3n) is 6.14. The van der Waals surface area contributed by atoms with Gasteiger partial charge in [-0.15, -0.1) is 11.3 Å². The van der Waals surface area contributed by atoms with Crippen molar-refractivity contribution in [3.8, 4) is 17.0 Å². The van der Waals surface area contributed by atoms with E-state index in [2.05, 4.69) is 46.7 Å². The van der Waals surface area contributed by atoms with Gasteiger partial charge in [0.2, 0.25) is 0 Å². The fraction of sp³-hybridized carbons (Fsp3) is 0.259. The van der Waals surface area contributed by atoms with Gasteiger partial charge in [-0.3, -0.25) is 10.1 Å². The Morgan fingerprint density at radius 1 is 0.969 bits per heavy atom. The highest BCUT2D eigenvalue weighted by Gasteiger charge is 2.15. The van der Waals surface area contributed by atoms with Gasteiger partial charge in [-0.25, -0.2) is 4.98 Å². The molecule has 1 amide bonds. The smallest absolute Gasteiger partial charge is 0.264 e. The van der Waals surface area contributed by atoms with Crippen LogP contribution >= 0.6 is 11.3 Å². The first kappa shape index (κ1) is 20.7. The number of anilines is 1. The van der Waals surface area contributed by atoms with E-state index in [0.717, 1.165) is 22.4 Å². The summed E-state index contributed by atoms with van der Waals surface area (Å²) in [5.41, 5.74) is 3.31. The zero-order valence-corrected chi connectivity index (χ0v) is 18.7. The van der Waals surface area contributed by atoms with Crippen molar-refractivity contribution < 1.29 is 9.53 Å². The molecule has 3 aromatic carbocycles. The molecule has 0 saturated heterocycles. The minimum Gasteiger partial charge on any atom is -0.484 e. The summed E-state index contributed by atoms with van der Waals surface area (Å²) in [4.78, 5) is 17.0. The standard InChI is InChI=1S/C27H26N2O2S/c30-26(17-31-22-15-13-20(14-16-22)19-7-2-1-3-8-19)29-27-28-25(18-32-27)24-12-6-10-21-9-4-5-11-23(21)24/h4-6,9-16,18-19H,1-3,7-8,17H2,(H,28,29,30). The number of nitrogens with one attached hydrogen (secondary N) is 1. The molecule has 4 aromatic rings. The van der Waals surface area contributed by atoms with E-state index in [1.54, 1.807) is 0 Å². The van der Waals surface area contributed by atoms with Crippen LogP contribution in [0.3, 0.4) is 0 Å². The Bertz CT molecular complexity index is 1200. The highest BCUT2D eigenvalue weighted by Crippen LogP contribution is 2.33. The summed E-state index contributed by atoms with van der Waals surface area (Å²) in [6.07, 6.45) is 6.55. The molecule has 0 radical (unpaired) electrons. The van der Waals surface area contributed by atoms with Gasteiger partial charge in [0.05, 0.1) is 5.69 Å². The number of hydrogen-bond donors (Lipinski definition) is 1. The molecule has 1 aliphatic rings. The van der Waals surface area contributed by atoms with E-state index in [1.807, 2.05) is 35.7 Å². The highest BCUT2D eigenvalue weighted by molar-refractivity contribution is 7.14. The van der Waals surface area contributed by atoms with Crippen molar-refractivity contribution in [2.75, 3.05) is 11.9 Å². The van der Waals surface area contributed by atoms with E-state index < -0.39 is 0 Å². The minimum absolute atomic E-state index is 0.0358. The molecule has 32 heavy (non-hydrogen) atoms. The van der Waals surface area contributed by atoms with Gasteiger partial charge in [0, 0.05) is 10.9 Å². The number of benzene rings is 3. The number of carbonyl (C=O) groups is 1. The number of fused-ring (bicyclic) bond motifs is 1. The summed E-state index contributed by atoms with van der Waals surface area (Å²) in [5, 5.41) is 7.73. The maximum Gasteiger partial charge on any atom is 0.264 e. The SMILES string of the molecule is O=C(COc1ccc(C2CCCCC2)cc1)Nc1nc(-c2cccc3ccccc23)cs1. The molecule has 0 spiro atoms. The van der Waals surface area contributed by atoms with Crippen molar-refractivity contribution in [2.45, 2.75) is 38.0 Å². The topological polar surface area (TPSA) is 51.2 Å². The molecule has 5 heteroatoms. The summed E-state index contributed by atoms with van der Waals surface area (Å²) in [6, 6.07) is 22.6. The van der Waals surface area contributed by atoms with Crippen LogP contribution in [0.5, 0.6) is 5.75 Å². The first-order valence-corrected chi connectivity index (χ1v) is 12.1. The Hall–Kier alpha value is -3.18. The second-order valence-electron chi connectivity index (χ2n) is 8.31. The Labute approximate surface area is 192 Å². The van der Waals surface area contributed by atoms with Crippen molar-refractivity contribution in [1.82, 2.24) is 4.98 Å². The van der Waals surface area contributed by atoms with Crippen molar-refractivity contribution >= 4 is 33.1 Å². The predicted octanol–water partition coefficient (Wildman–Crippen LogP) is 7.03. The number of thiazole rings is 1. The molecule has 0 bridgehead atoms. The van der Waals surface area contributed by atoms with E-state index >= 15 is 0 Å². The first-order valence-electron chi connectivity index (χ1n) is 11.2. The zero-order chi connectivity index (χ0) is 21.8. The molecule has 1 heterocycles. The second-order valence-corrected chi connectivity index (χ2v) is 9.16. The number of aromatic nitrogens is 1. The molecule has 1 aliphatic carbocycles. The molecule has 1 saturated carbocycles. The lowest BCUT2D eigenvalue weighted by Gasteiger charge is -2.22. The molecular formula is C27H26N2O2S. The molecule has 1 N–H and O–H groups in total. The van der Waals surface area contributed by atoms with Crippen molar-refractivity contribution in [3.63, 3.8) is 0 Å². The van der Waals surface area contributed by atoms with E-state index in [9.17, 15) is 4.79 Å². The van der Waals surface area contributed by atoms with Crippen molar-refractivity contribution in [1.29, 1.82) is 0 Å². The van der Waals surface area contributed by atoms with Gasteiger partial charge in [0.1, 0.15) is 5.75 Å². The lowest BCUT2D eigenvalue weighted by molar-refractivity contribution is -0.118. The molecule has 5 rings (SSSR count).